The van der Waals surface area contributed by atoms with Crippen LogP contribution in [0.1, 0.15) is 55.0 Å². The number of nitrogens with zero attached hydrogens (tertiary/aromatic N) is 5. The molecule has 3 fully saturated rings. The molecule has 3 heterocycles. The molecule has 1 saturated carbocycles. The fraction of sp³-hybridized carbons (Fsp3) is 0.720. The fourth-order valence-electron chi connectivity index (χ4n) is 5.47. The highest BCUT2D eigenvalue weighted by atomic mass is 16.5. The minimum Gasteiger partial charge on any atom is -0.378 e. The van der Waals surface area contributed by atoms with Crippen LogP contribution in [0.25, 0.3) is 0 Å². The molecule has 0 spiro atoms. The van der Waals surface area contributed by atoms with Gasteiger partial charge in [0, 0.05) is 51.0 Å². The first kappa shape index (κ1) is 24.7. The van der Waals surface area contributed by atoms with Crippen LogP contribution in [0, 0.1) is 25.2 Å². The molecule has 1 N–H and O–H groups in total. The first-order valence-electron chi connectivity index (χ1n) is 12.7. The minimum absolute atomic E-state index is 0.0797. The quantitative estimate of drug-likeness (QED) is 0.683. The molecule has 4 rings (SSSR count). The summed E-state index contributed by atoms with van der Waals surface area (Å²) in [6, 6.07) is 2.67. The number of ether oxygens (including phenoxy) is 1. The van der Waals surface area contributed by atoms with Crippen molar-refractivity contribution in [1.29, 1.82) is 5.26 Å². The zero-order chi connectivity index (χ0) is 24.1. The Labute approximate surface area is 202 Å². The smallest absolute Gasteiger partial charge is 0.239 e. The molecular weight excluding hydrogens is 432 g/mol. The van der Waals surface area contributed by atoms with Crippen LogP contribution < -0.4 is 5.32 Å². The number of hydrogen-bond acceptors (Lipinski definition) is 6. The van der Waals surface area contributed by atoms with Gasteiger partial charge < -0.3 is 19.5 Å². The van der Waals surface area contributed by atoms with Crippen molar-refractivity contribution in [2.45, 2.75) is 52.0 Å². The van der Waals surface area contributed by atoms with Crippen LogP contribution in [-0.4, -0.2) is 96.7 Å². The van der Waals surface area contributed by atoms with E-state index in [2.05, 4.69) is 32.7 Å². The Morgan fingerprint density at radius 3 is 2.21 bits per heavy atom. The average molecular weight is 471 g/mol. The molecule has 3 aliphatic rings. The highest BCUT2D eigenvalue weighted by molar-refractivity contribution is 5.93. The van der Waals surface area contributed by atoms with Gasteiger partial charge in [-0.15, -0.1) is 0 Å². The number of anilines is 1. The summed E-state index contributed by atoms with van der Waals surface area (Å²) >= 11 is 0. The third kappa shape index (κ3) is 5.62. The molecule has 0 radical (unpaired) electrons. The summed E-state index contributed by atoms with van der Waals surface area (Å²) in [6.07, 6.45) is 5.82. The van der Waals surface area contributed by atoms with Gasteiger partial charge in [-0.25, -0.2) is 0 Å². The minimum atomic E-state index is -0.0797. The lowest BCUT2D eigenvalue weighted by Crippen LogP contribution is -2.52. The van der Waals surface area contributed by atoms with E-state index in [-0.39, 0.29) is 11.8 Å². The number of aromatic nitrogens is 1. The lowest BCUT2D eigenvalue weighted by molar-refractivity contribution is -0.137. The third-order valence-electron chi connectivity index (χ3n) is 7.62. The number of nitrogens with one attached hydrogen (secondary N) is 1. The van der Waals surface area contributed by atoms with Crippen molar-refractivity contribution < 1.29 is 14.3 Å². The summed E-state index contributed by atoms with van der Waals surface area (Å²) in [5.74, 6) is 0.751. The molecule has 0 atom stereocenters. The number of amides is 2. The van der Waals surface area contributed by atoms with E-state index in [0.717, 1.165) is 50.3 Å². The van der Waals surface area contributed by atoms with E-state index in [1.807, 2.05) is 11.8 Å². The maximum atomic E-state index is 13.0. The average Bonchev–Trinajstić information content (AvgIpc) is 3.09. The van der Waals surface area contributed by atoms with Crippen LogP contribution in [0.15, 0.2) is 0 Å². The molecule has 1 aromatic rings. The van der Waals surface area contributed by atoms with Gasteiger partial charge in [0.2, 0.25) is 11.8 Å². The Balaban J connectivity index is 1.32. The summed E-state index contributed by atoms with van der Waals surface area (Å²) in [7, 11) is 0. The van der Waals surface area contributed by atoms with Gasteiger partial charge >= 0.3 is 0 Å². The zero-order valence-electron chi connectivity index (χ0n) is 20.6. The fourth-order valence-corrected chi connectivity index (χ4v) is 5.47. The third-order valence-corrected chi connectivity index (χ3v) is 7.62. The summed E-state index contributed by atoms with van der Waals surface area (Å²) in [6.45, 7) is 10.4. The number of rotatable bonds is 6. The molecule has 0 aromatic carbocycles. The SMILES string of the molecule is Cc1c(C#N)c(NC(=O)CN2CCN(CC(=O)N3CCOCC3)CC2)n(C2CCCCC2)c1C. The van der Waals surface area contributed by atoms with E-state index in [4.69, 9.17) is 4.74 Å². The van der Waals surface area contributed by atoms with Crippen molar-refractivity contribution in [3.63, 3.8) is 0 Å². The van der Waals surface area contributed by atoms with Crippen molar-refractivity contribution in [2.24, 2.45) is 0 Å². The molecule has 9 nitrogen and oxygen atoms in total. The van der Waals surface area contributed by atoms with E-state index in [9.17, 15) is 14.9 Å². The first-order valence-corrected chi connectivity index (χ1v) is 12.7. The Bertz CT molecular complexity index is 916. The van der Waals surface area contributed by atoms with Gasteiger partial charge in [-0.05, 0) is 32.3 Å². The summed E-state index contributed by atoms with van der Waals surface area (Å²) in [4.78, 5) is 31.7. The van der Waals surface area contributed by atoms with E-state index >= 15 is 0 Å². The predicted molar refractivity (Wildman–Crippen MR) is 130 cm³/mol. The van der Waals surface area contributed by atoms with Gasteiger partial charge in [0.1, 0.15) is 11.9 Å². The second-order valence-electron chi connectivity index (χ2n) is 9.80. The number of morpholine rings is 1. The van der Waals surface area contributed by atoms with Crippen molar-refractivity contribution >= 4 is 17.6 Å². The van der Waals surface area contributed by atoms with Crippen molar-refractivity contribution in [2.75, 3.05) is 70.9 Å². The van der Waals surface area contributed by atoms with Crippen LogP contribution in [0.4, 0.5) is 5.82 Å². The molecular formula is C25H38N6O3. The number of carbonyl (C=O) groups excluding carboxylic acids is 2. The van der Waals surface area contributed by atoms with Gasteiger partial charge in [0.05, 0.1) is 31.9 Å². The Morgan fingerprint density at radius 2 is 1.59 bits per heavy atom. The highest BCUT2D eigenvalue weighted by Crippen LogP contribution is 2.36. The van der Waals surface area contributed by atoms with Crippen molar-refractivity contribution in [3.8, 4) is 6.07 Å². The van der Waals surface area contributed by atoms with Gasteiger partial charge in [0.25, 0.3) is 0 Å². The van der Waals surface area contributed by atoms with Crippen molar-refractivity contribution in [1.82, 2.24) is 19.3 Å². The molecule has 1 aromatic heterocycles. The van der Waals surface area contributed by atoms with E-state index in [1.165, 1.54) is 19.3 Å². The van der Waals surface area contributed by atoms with Gasteiger partial charge in [-0.2, -0.15) is 5.26 Å². The van der Waals surface area contributed by atoms with Crippen LogP contribution in [0.3, 0.4) is 0 Å². The standard InChI is InChI=1S/C25H38N6O3/c1-19-20(2)31(21-6-4-3-5-7-21)25(22(19)16-26)27-23(32)17-28-8-10-29(11-9-28)18-24(33)30-12-14-34-15-13-30/h21H,3-15,17-18H2,1-2H3,(H,27,32). The van der Waals surface area contributed by atoms with Gasteiger partial charge in [-0.3, -0.25) is 19.4 Å². The molecule has 0 bridgehead atoms. The second kappa shape index (κ2) is 11.3. The van der Waals surface area contributed by atoms with Crippen LogP contribution in [0.5, 0.6) is 0 Å². The van der Waals surface area contributed by atoms with E-state index < -0.39 is 0 Å². The monoisotopic (exact) mass is 470 g/mol. The number of nitriles is 1. The first-order chi connectivity index (χ1) is 16.5. The molecule has 2 amide bonds. The van der Waals surface area contributed by atoms with E-state index in [0.29, 0.717) is 56.8 Å². The molecule has 186 valence electrons. The van der Waals surface area contributed by atoms with Gasteiger partial charge in [0.15, 0.2) is 0 Å². The Hall–Kier alpha value is -2.41. The molecule has 2 saturated heterocycles. The number of carbonyl (C=O) groups is 2. The number of piperazine rings is 1. The van der Waals surface area contributed by atoms with Crippen LogP contribution in [-0.2, 0) is 14.3 Å². The number of hydrogen-bond donors (Lipinski definition) is 1. The molecule has 2 aliphatic heterocycles. The summed E-state index contributed by atoms with van der Waals surface area (Å²) < 4.78 is 7.53. The van der Waals surface area contributed by atoms with Gasteiger partial charge in [-0.1, -0.05) is 19.3 Å². The zero-order valence-corrected chi connectivity index (χ0v) is 20.6. The highest BCUT2D eigenvalue weighted by Gasteiger charge is 2.27. The lowest BCUT2D eigenvalue weighted by Gasteiger charge is -2.35. The molecule has 9 heteroatoms. The summed E-state index contributed by atoms with van der Waals surface area (Å²) in [5, 5.41) is 12.9. The Morgan fingerprint density at radius 1 is 0.971 bits per heavy atom. The normalized spacial score (nSPS) is 20.8. The molecule has 34 heavy (non-hydrogen) atoms. The maximum Gasteiger partial charge on any atom is 0.239 e. The molecule has 1 aliphatic carbocycles. The topological polar surface area (TPSA) is 93.8 Å². The maximum absolute atomic E-state index is 13.0. The predicted octanol–water partition coefficient (Wildman–Crippen LogP) is 1.90. The molecule has 0 unspecified atom stereocenters. The van der Waals surface area contributed by atoms with E-state index in [1.54, 1.807) is 0 Å². The lowest BCUT2D eigenvalue weighted by atomic mass is 9.95. The second-order valence-corrected chi connectivity index (χ2v) is 9.80. The van der Waals surface area contributed by atoms with Crippen LogP contribution in [0.2, 0.25) is 0 Å². The van der Waals surface area contributed by atoms with Crippen LogP contribution >= 0.6 is 0 Å². The largest absolute Gasteiger partial charge is 0.378 e. The Kier molecular flexibility index (Phi) is 8.24. The van der Waals surface area contributed by atoms with Crippen molar-refractivity contribution in [3.05, 3.63) is 16.8 Å². The summed E-state index contributed by atoms with van der Waals surface area (Å²) in [5.41, 5.74) is 2.63.